The van der Waals surface area contributed by atoms with Crippen molar-refractivity contribution in [2.24, 2.45) is 0 Å². The van der Waals surface area contributed by atoms with Crippen molar-refractivity contribution >= 4 is 29.0 Å². The van der Waals surface area contributed by atoms with E-state index >= 15 is 0 Å². The van der Waals surface area contributed by atoms with Crippen LogP contribution in [0.1, 0.15) is 5.56 Å². The molecule has 6 nitrogen and oxygen atoms in total. The number of nitro benzene ring substituents is 1. The van der Waals surface area contributed by atoms with Crippen molar-refractivity contribution in [3.05, 3.63) is 64.2 Å². The van der Waals surface area contributed by atoms with Gasteiger partial charge in [-0.2, -0.15) is 5.26 Å². The van der Waals surface area contributed by atoms with E-state index in [0.29, 0.717) is 11.3 Å². The summed E-state index contributed by atoms with van der Waals surface area (Å²) in [7, 11) is 0. The van der Waals surface area contributed by atoms with Gasteiger partial charge in [-0.05, 0) is 30.3 Å². The van der Waals surface area contributed by atoms with Gasteiger partial charge in [-0.25, -0.2) is 0 Å². The SMILES string of the molecule is N#Cc1cccc(NC(=O)CSc2ccc([N+](=O)[O-])cc2)c1. The van der Waals surface area contributed by atoms with Crippen LogP contribution < -0.4 is 5.32 Å². The fourth-order valence-electron chi connectivity index (χ4n) is 1.68. The van der Waals surface area contributed by atoms with E-state index in [1.807, 2.05) is 6.07 Å². The molecule has 0 radical (unpaired) electrons. The number of nitrogens with zero attached hydrogens (tertiary/aromatic N) is 2. The van der Waals surface area contributed by atoms with Crippen LogP contribution in [0.15, 0.2) is 53.4 Å². The number of carbonyl (C=O) groups excluding carboxylic acids is 1. The van der Waals surface area contributed by atoms with E-state index in [1.54, 1.807) is 36.4 Å². The monoisotopic (exact) mass is 313 g/mol. The van der Waals surface area contributed by atoms with E-state index in [-0.39, 0.29) is 17.3 Å². The van der Waals surface area contributed by atoms with Crippen LogP contribution in [0.5, 0.6) is 0 Å². The van der Waals surface area contributed by atoms with Crippen molar-refractivity contribution in [2.75, 3.05) is 11.1 Å². The minimum absolute atomic E-state index is 0.0159. The Morgan fingerprint density at radius 1 is 1.27 bits per heavy atom. The summed E-state index contributed by atoms with van der Waals surface area (Å²) in [4.78, 5) is 22.7. The molecular weight excluding hydrogens is 302 g/mol. The first-order valence-corrected chi connectivity index (χ1v) is 7.24. The van der Waals surface area contributed by atoms with Crippen molar-refractivity contribution in [3.63, 3.8) is 0 Å². The van der Waals surface area contributed by atoms with Gasteiger partial charge in [0.1, 0.15) is 0 Å². The molecule has 22 heavy (non-hydrogen) atoms. The van der Waals surface area contributed by atoms with Crippen LogP contribution in [-0.4, -0.2) is 16.6 Å². The number of hydrogen-bond donors (Lipinski definition) is 1. The van der Waals surface area contributed by atoms with Gasteiger partial charge in [-0.1, -0.05) is 6.07 Å². The van der Waals surface area contributed by atoms with E-state index in [0.717, 1.165) is 4.90 Å². The molecule has 0 saturated carbocycles. The molecule has 0 aliphatic carbocycles. The number of carbonyl (C=O) groups is 1. The Bertz CT molecular complexity index is 738. The van der Waals surface area contributed by atoms with Crippen LogP contribution >= 0.6 is 11.8 Å². The van der Waals surface area contributed by atoms with Gasteiger partial charge in [0, 0.05) is 22.7 Å². The summed E-state index contributed by atoms with van der Waals surface area (Å²) >= 11 is 1.28. The fourth-order valence-corrected chi connectivity index (χ4v) is 2.37. The summed E-state index contributed by atoms with van der Waals surface area (Å²) < 4.78 is 0. The van der Waals surface area contributed by atoms with Gasteiger partial charge in [-0.15, -0.1) is 11.8 Å². The second-order valence-corrected chi connectivity index (χ2v) is 5.33. The number of amides is 1. The maximum atomic E-state index is 11.8. The summed E-state index contributed by atoms with van der Waals surface area (Å²) in [6.07, 6.45) is 0. The molecule has 0 fully saturated rings. The largest absolute Gasteiger partial charge is 0.325 e. The zero-order valence-corrected chi connectivity index (χ0v) is 12.2. The summed E-state index contributed by atoms with van der Waals surface area (Å²) in [5, 5.41) is 22.0. The van der Waals surface area contributed by atoms with Crippen LogP contribution in [0.3, 0.4) is 0 Å². The van der Waals surface area contributed by atoms with Gasteiger partial charge in [-0.3, -0.25) is 14.9 Å². The number of nitro groups is 1. The maximum absolute atomic E-state index is 11.8. The average molecular weight is 313 g/mol. The molecule has 0 atom stereocenters. The molecule has 7 heteroatoms. The van der Waals surface area contributed by atoms with Gasteiger partial charge in [0.25, 0.3) is 5.69 Å². The first-order chi connectivity index (χ1) is 10.6. The Labute approximate surface area is 130 Å². The average Bonchev–Trinajstić information content (AvgIpc) is 2.53. The Morgan fingerprint density at radius 2 is 2.00 bits per heavy atom. The molecule has 1 N–H and O–H groups in total. The molecular formula is C15H11N3O3S. The highest BCUT2D eigenvalue weighted by Crippen LogP contribution is 2.21. The standard InChI is InChI=1S/C15H11N3O3S/c16-9-11-2-1-3-12(8-11)17-15(19)10-22-14-6-4-13(5-7-14)18(20)21/h1-8H,10H2,(H,17,19). The van der Waals surface area contributed by atoms with Gasteiger partial charge in [0.05, 0.1) is 22.3 Å². The highest BCUT2D eigenvalue weighted by atomic mass is 32.2. The first-order valence-electron chi connectivity index (χ1n) is 6.26. The van der Waals surface area contributed by atoms with Gasteiger partial charge in [0.15, 0.2) is 0 Å². The third-order valence-corrected chi connectivity index (χ3v) is 3.70. The lowest BCUT2D eigenvalue weighted by molar-refractivity contribution is -0.384. The second-order valence-electron chi connectivity index (χ2n) is 4.28. The molecule has 0 unspecified atom stereocenters. The normalized spacial score (nSPS) is 9.77. The lowest BCUT2D eigenvalue weighted by Crippen LogP contribution is -2.13. The van der Waals surface area contributed by atoms with E-state index < -0.39 is 4.92 Å². The smallest absolute Gasteiger partial charge is 0.269 e. The minimum atomic E-state index is -0.469. The second kappa shape index (κ2) is 7.24. The molecule has 0 bridgehead atoms. The predicted molar refractivity (Wildman–Crippen MR) is 83.6 cm³/mol. The Morgan fingerprint density at radius 3 is 2.64 bits per heavy atom. The number of thioether (sulfide) groups is 1. The molecule has 2 aromatic rings. The zero-order chi connectivity index (χ0) is 15.9. The summed E-state index contributed by atoms with van der Waals surface area (Å²) in [6.45, 7) is 0. The minimum Gasteiger partial charge on any atom is -0.325 e. The molecule has 0 heterocycles. The number of non-ortho nitro benzene ring substituents is 1. The van der Waals surface area contributed by atoms with Crippen molar-refractivity contribution in [2.45, 2.75) is 4.90 Å². The Balaban J connectivity index is 1.89. The van der Waals surface area contributed by atoms with Crippen LogP contribution in [0.25, 0.3) is 0 Å². The number of hydrogen-bond acceptors (Lipinski definition) is 5. The van der Waals surface area contributed by atoms with Crippen molar-refractivity contribution in [3.8, 4) is 6.07 Å². The molecule has 2 aromatic carbocycles. The van der Waals surface area contributed by atoms with Gasteiger partial charge >= 0.3 is 0 Å². The Kier molecular flexibility index (Phi) is 5.11. The van der Waals surface area contributed by atoms with Crippen LogP contribution in [-0.2, 0) is 4.79 Å². The molecule has 1 amide bonds. The first kappa shape index (κ1) is 15.5. The highest BCUT2D eigenvalue weighted by molar-refractivity contribution is 8.00. The maximum Gasteiger partial charge on any atom is 0.269 e. The molecule has 110 valence electrons. The summed E-state index contributed by atoms with van der Waals surface area (Å²) in [6, 6.07) is 14.6. The fraction of sp³-hybridized carbons (Fsp3) is 0.0667. The van der Waals surface area contributed by atoms with Gasteiger partial charge in [0.2, 0.25) is 5.91 Å². The predicted octanol–water partition coefficient (Wildman–Crippen LogP) is 3.20. The third-order valence-electron chi connectivity index (χ3n) is 2.69. The van der Waals surface area contributed by atoms with E-state index in [4.69, 9.17) is 5.26 Å². The molecule has 0 saturated heterocycles. The number of nitriles is 1. The van der Waals surface area contributed by atoms with E-state index in [2.05, 4.69) is 5.32 Å². The van der Waals surface area contributed by atoms with Gasteiger partial charge < -0.3 is 5.32 Å². The highest BCUT2D eigenvalue weighted by Gasteiger charge is 2.07. The zero-order valence-electron chi connectivity index (χ0n) is 11.4. The summed E-state index contributed by atoms with van der Waals surface area (Å²) in [5.74, 6) is -0.0346. The summed E-state index contributed by atoms with van der Waals surface area (Å²) in [5.41, 5.74) is 1.05. The van der Waals surface area contributed by atoms with E-state index in [9.17, 15) is 14.9 Å². The van der Waals surface area contributed by atoms with Crippen LogP contribution in [0.2, 0.25) is 0 Å². The van der Waals surface area contributed by atoms with Crippen molar-refractivity contribution in [1.82, 2.24) is 0 Å². The molecule has 0 aliphatic rings. The number of benzene rings is 2. The number of anilines is 1. The van der Waals surface area contributed by atoms with Crippen molar-refractivity contribution < 1.29 is 9.72 Å². The molecule has 0 aliphatic heterocycles. The van der Waals surface area contributed by atoms with Crippen LogP contribution in [0.4, 0.5) is 11.4 Å². The van der Waals surface area contributed by atoms with E-state index in [1.165, 1.54) is 23.9 Å². The molecule has 0 spiro atoms. The molecule has 2 rings (SSSR count). The third kappa shape index (κ3) is 4.33. The van der Waals surface area contributed by atoms with Crippen molar-refractivity contribution in [1.29, 1.82) is 5.26 Å². The quantitative estimate of drug-likeness (QED) is 0.519. The lowest BCUT2D eigenvalue weighted by Gasteiger charge is -2.05. The lowest BCUT2D eigenvalue weighted by atomic mass is 10.2. The van der Waals surface area contributed by atoms with Crippen LogP contribution in [0, 0.1) is 21.4 Å². The topological polar surface area (TPSA) is 96.0 Å². The Hall–Kier alpha value is -2.85. The number of nitrogens with one attached hydrogen (secondary N) is 1. The molecule has 0 aromatic heterocycles. The number of rotatable bonds is 5.